The number of aromatic nitrogens is 3. The van der Waals surface area contributed by atoms with Gasteiger partial charge >= 0.3 is 11.3 Å². The summed E-state index contributed by atoms with van der Waals surface area (Å²) in [5.74, 6) is 0.281. The minimum atomic E-state index is -0.695. The molecule has 32 heavy (non-hydrogen) atoms. The lowest BCUT2D eigenvalue weighted by Crippen LogP contribution is -2.60. The van der Waals surface area contributed by atoms with E-state index >= 15 is 0 Å². The summed E-state index contributed by atoms with van der Waals surface area (Å²) < 4.78 is 15.2. The summed E-state index contributed by atoms with van der Waals surface area (Å²) in [6.07, 6.45) is 3.82. The number of carbonyl (C=O) groups excluding carboxylic acids is 1. The monoisotopic (exact) mass is 453 g/mol. The van der Waals surface area contributed by atoms with Crippen LogP contribution in [0.4, 0.5) is 10.1 Å². The molecule has 0 unspecified atom stereocenters. The van der Waals surface area contributed by atoms with Crippen LogP contribution in [0.25, 0.3) is 11.3 Å². The molecule has 6 nitrogen and oxygen atoms in total. The number of rotatable bonds is 7. The van der Waals surface area contributed by atoms with Crippen LogP contribution in [-0.2, 0) is 4.79 Å². The van der Waals surface area contributed by atoms with Crippen LogP contribution in [0.1, 0.15) is 51.3 Å². The number of halogens is 1. The highest BCUT2D eigenvalue weighted by atomic mass is 32.2. The summed E-state index contributed by atoms with van der Waals surface area (Å²) in [5, 5.41) is 5.24. The van der Waals surface area contributed by atoms with E-state index in [1.54, 1.807) is 21.7 Å². The first-order valence-electron chi connectivity index (χ1n) is 10.8. The molecule has 0 bridgehead atoms. The molecule has 166 valence electrons. The van der Waals surface area contributed by atoms with Gasteiger partial charge in [0.2, 0.25) is 11.1 Å². The molecule has 0 radical (unpaired) electrons. The van der Waals surface area contributed by atoms with Crippen molar-refractivity contribution in [3.63, 3.8) is 0 Å². The second-order valence-corrected chi connectivity index (χ2v) is 8.88. The van der Waals surface area contributed by atoms with Crippen LogP contribution in [0.5, 0.6) is 0 Å². The predicted molar refractivity (Wildman–Crippen MR) is 123 cm³/mol. The summed E-state index contributed by atoms with van der Waals surface area (Å²) in [6, 6.07) is 13.2. The zero-order valence-corrected chi connectivity index (χ0v) is 19.0. The van der Waals surface area contributed by atoms with Crippen molar-refractivity contribution in [2.75, 3.05) is 10.7 Å². The molecule has 1 aliphatic heterocycles. The number of aromatic amines is 1. The number of fused-ring (bicyclic) bond motifs is 3. The number of unbranched alkanes of at least 4 members (excludes halogenated alkanes) is 3. The molecule has 0 aliphatic carbocycles. The van der Waals surface area contributed by atoms with E-state index < -0.39 is 6.17 Å². The molecule has 1 aromatic heterocycles. The quantitative estimate of drug-likeness (QED) is 0.326. The number of anilines is 1. The first-order chi connectivity index (χ1) is 15.5. The number of nitrogens with one attached hydrogen (secondary N) is 1. The van der Waals surface area contributed by atoms with Crippen molar-refractivity contribution in [2.45, 2.75) is 50.9 Å². The fourth-order valence-corrected chi connectivity index (χ4v) is 4.86. The minimum Gasteiger partial charge on any atom is -0.291 e. The van der Waals surface area contributed by atoms with Crippen molar-refractivity contribution >= 4 is 23.4 Å². The maximum atomic E-state index is 13.6. The molecule has 0 saturated carbocycles. The Kier molecular flexibility index (Phi) is 6.69. The molecule has 1 amide bonds. The van der Waals surface area contributed by atoms with Crippen molar-refractivity contribution in [1.82, 2.24) is 10.1 Å². The molecule has 4 rings (SSSR count). The van der Waals surface area contributed by atoms with Crippen LogP contribution >= 0.6 is 11.8 Å². The predicted octanol–water partition coefficient (Wildman–Crippen LogP) is 4.45. The van der Waals surface area contributed by atoms with Crippen molar-refractivity contribution in [2.24, 2.45) is 0 Å². The van der Waals surface area contributed by atoms with Gasteiger partial charge in [0.05, 0.1) is 11.3 Å². The van der Waals surface area contributed by atoms with Crippen LogP contribution in [0.3, 0.4) is 0 Å². The topological polar surface area (TPSA) is 69.9 Å². The van der Waals surface area contributed by atoms with Gasteiger partial charge in [-0.05, 0) is 47.5 Å². The maximum absolute atomic E-state index is 13.6. The first kappa shape index (κ1) is 22.2. The van der Waals surface area contributed by atoms with E-state index in [9.17, 15) is 14.0 Å². The molecule has 1 N–H and O–H groups in total. The fraction of sp³-hybridized carbons (Fsp3) is 0.333. The minimum absolute atomic E-state index is 0.194. The number of benzene rings is 2. The number of thioether (sulfide) groups is 1. The maximum Gasteiger partial charge on any atom is 0.325 e. The number of amides is 1. The Balaban J connectivity index is 1.84. The molecule has 0 spiro atoms. The average Bonchev–Trinajstić information content (AvgIpc) is 2.78. The SMILES string of the molecule is CCCCCCSc1n[n+]2c(c(=O)[nH]1)-c1ccccc1N(C(C)=O)[C@H]2c1ccc(F)cc1. The Morgan fingerprint density at radius 2 is 1.91 bits per heavy atom. The van der Waals surface area contributed by atoms with Crippen molar-refractivity contribution < 1.29 is 13.9 Å². The highest BCUT2D eigenvalue weighted by Crippen LogP contribution is 2.37. The number of hydrogen-bond donors (Lipinski definition) is 1. The van der Waals surface area contributed by atoms with Gasteiger partial charge in [0.25, 0.3) is 6.17 Å². The van der Waals surface area contributed by atoms with E-state index in [4.69, 9.17) is 5.10 Å². The fourth-order valence-electron chi connectivity index (χ4n) is 4.01. The highest BCUT2D eigenvalue weighted by molar-refractivity contribution is 7.99. The lowest BCUT2D eigenvalue weighted by atomic mass is 10.0. The molecular weight excluding hydrogens is 427 g/mol. The smallest absolute Gasteiger partial charge is 0.291 e. The number of carbonyl (C=O) groups is 1. The van der Waals surface area contributed by atoms with Gasteiger partial charge in [-0.15, -0.1) is 0 Å². The molecule has 0 saturated heterocycles. The van der Waals surface area contributed by atoms with Gasteiger partial charge in [0, 0.05) is 23.3 Å². The summed E-state index contributed by atoms with van der Waals surface area (Å²) in [6.45, 7) is 3.65. The molecule has 1 aliphatic rings. The van der Waals surface area contributed by atoms with Gasteiger partial charge in [-0.25, -0.2) is 9.29 Å². The highest BCUT2D eigenvalue weighted by Gasteiger charge is 2.44. The van der Waals surface area contributed by atoms with Gasteiger partial charge < -0.3 is 0 Å². The van der Waals surface area contributed by atoms with Gasteiger partial charge in [-0.1, -0.05) is 50.1 Å². The van der Waals surface area contributed by atoms with Crippen molar-refractivity contribution in [3.05, 3.63) is 70.3 Å². The van der Waals surface area contributed by atoms with Crippen LogP contribution in [0, 0.1) is 5.82 Å². The third-order valence-electron chi connectivity index (χ3n) is 5.50. The van der Waals surface area contributed by atoms with Crippen LogP contribution < -0.4 is 15.1 Å². The van der Waals surface area contributed by atoms with Gasteiger partial charge in [0.15, 0.2) is 0 Å². The van der Waals surface area contributed by atoms with Gasteiger partial charge in [0.1, 0.15) is 5.82 Å². The molecule has 1 atom stereocenters. The summed E-state index contributed by atoms with van der Waals surface area (Å²) in [4.78, 5) is 30.5. The third kappa shape index (κ3) is 4.32. The summed E-state index contributed by atoms with van der Waals surface area (Å²) in [5.41, 5.74) is 2.04. The van der Waals surface area contributed by atoms with Gasteiger partial charge in [-0.3, -0.25) is 14.6 Å². The van der Waals surface area contributed by atoms with E-state index in [0.717, 1.165) is 25.0 Å². The van der Waals surface area contributed by atoms with Gasteiger partial charge in [-0.2, -0.15) is 0 Å². The Hall–Kier alpha value is -3.00. The molecule has 0 fully saturated rings. The standard InChI is InChI=1S/C24H25FN4O2S/c1-3-4-5-8-15-32-24-26-22(31)21-19-9-6-7-10-20(19)28(16(2)30)23(29(21)27-24)17-11-13-18(25)14-12-17/h6-7,9-14,23H,3-5,8,15H2,1-2H3/p+1/t23-/m1/s1. The van der Waals surface area contributed by atoms with E-state index in [-0.39, 0.29) is 17.3 Å². The molecule has 8 heteroatoms. The van der Waals surface area contributed by atoms with Crippen LogP contribution in [-0.4, -0.2) is 21.7 Å². The molecule has 2 aromatic carbocycles. The molecular formula is C24H26FN4O2S+. The van der Waals surface area contributed by atoms with Crippen molar-refractivity contribution in [3.8, 4) is 11.3 Å². The first-order valence-corrected chi connectivity index (χ1v) is 11.8. The second kappa shape index (κ2) is 9.65. The van der Waals surface area contributed by atoms with E-state index in [0.29, 0.717) is 27.7 Å². The molecule has 2 heterocycles. The number of para-hydroxylation sites is 1. The molecule has 3 aromatic rings. The largest absolute Gasteiger partial charge is 0.325 e. The summed E-state index contributed by atoms with van der Waals surface area (Å²) in [7, 11) is 0. The summed E-state index contributed by atoms with van der Waals surface area (Å²) >= 11 is 1.50. The Bertz CT molecular complexity index is 1180. The lowest BCUT2D eigenvalue weighted by molar-refractivity contribution is -0.763. The second-order valence-electron chi connectivity index (χ2n) is 7.79. The number of hydrogen-bond acceptors (Lipinski definition) is 4. The lowest BCUT2D eigenvalue weighted by Gasteiger charge is -2.31. The number of H-pyrrole nitrogens is 1. The van der Waals surface area contributed by atoms with E-state index in [1.807, 2.05) is 24.3 Å². The van der Waals surface area contributed by atoms with Crippen LogP contribution in [0.2, 0.25) is 0 Å². The van der Waals surface area contributed by atoms with Crippen LogP contribution in [0.15, 0.2) is 58.5 Å². The zero-order chi connectivity index (χ0) is 22.7. The van der Waals surface area contributed by atoms with E-state index in [1.165, 1.54) is 37.2 Å². The van der Waals surface area contributed by atoms with E-state index in [2.05, 4.69) is 11.9 Å². The zero-order valence-electron chi connectivity index (χ0n) is 18.2. The number of nitrogens with zero attached hydrogens (tertiary/aromatic N) is 3. The third-order valence-corrected chi connectivity index (χ3v) is 6.45. The Morgan fingerprint density at radius 3 is 2.62 bits per heavy atom. The average molecular weight is 454 g/mol. The Labute approximate surface area is 190 Å². The van der Waals surface area contributed by atoms with Crippen molar-refractivity contribution in [1.29, 1.82) is 0 Å². The Morgan fingerprint density at radius 1 is 1.16 bits per heavy atom. The normalized spacial score (nSPS) is 14.7.